The van der Waals surface area contributed by atoms with Crippen molar-refractivity contribution in [3.05, 3.63) is 28.8 Å². The summed E-state index contributed by atoms with van der Waals surface area (Å²) in [7, 11) is 0. The molecule has 0 saturated carbocycles. The minimum Gasteiger partial charge on any atom is -0.493 e. The summed E-state index contributed by atoms with van der Waals surface area (Å²) < 4.78 is 5.46. The molecule has 0 bridgehead atoms. The SMILES string of the molecule is Cc1ccc2c(c1C#N)C(N)CCO2. The standard InChI is InChI=1S/C11H12N2O/c1-7-2-3-10-11(8(7)6-12)9(13)4-5-14-10/h2-3,9H,4-5,13H2,1H3. The third-order valence-electron chi connectivity index (χ3n) is 2.58. The van der Waals surface area contributed by atoms with Gasteiger partial charge in [-0.2, -0.15) is 5.26 Å². The molecule has 1 aromatic rings. The quantitative estimate of drug-likeness (QED) is 0.673. The summed E-state index contributed by atoms with van der Waals surface area (Å²) in [4.78, 5) is 0. The lowest BCUT2D eigenvalue weighted by Gasteiger charge is -2.24. The van der Waals surface area contributed by atoms with Crippen molar-refractivity contribution < 1.29 is 4.74 Å². The topological polar surface area (TPSA) is 59.0 Å². The van der Waals surface area contributed by atoms with E-state index in [0.29, 0.717) is 12.2 Å². The fraction of sp³-hybridized carbons (Fsp3) is 0.364. The van der Waals surface area contributed by atoms with Gasteiger partial charge >= 0.3 is 0 Å². The highest BCUT2D eigenvalue weighted by molar-refractivity contribution is 5.53. The maximum atomic E-state index is 9.03. The smallest absolute Gasteiger partial charge is 0.125 e. The van der Waals surface area contributed by atoms with Gasteiger partial charge in [-0.15, -0.1) is 0 Å². The molecule has 1 aliphatic heterocycles. The molecular weight excluding hydrogens is 176 g/mol. The van der Waals surface area contributed by atoms with Gasteiger partial charge in [-0.25, -0.2) is 0 Å². The van der Waals surface area contributed by atoms with Gasteiger partial charge in [0.05, 0.1) is 18.2 Å². The predicted octanol–water partition coefficient (Wildman–Crippen LogP) is 1.65. The molecule has 0 aliphatic carbocycles. The first kappa shape index (κ1) is 9.04. The highest BCUT2D eigenvalue weighted by Gasteiger charge is 2.22. The van der Waals surface area contributed by atoms with Crippen LogP contribution in [0.3, 0.4) is 0 Å². The van der Waals surface area contributed by atoms with Crippen LogP contribution in [0.2, 0.25) is 0 Å². The highest BCUT2D eigenvalue weighted by Crippen LogP contribution is 2.34. The molecule has 1 atom stereocenters. The Morgan fingerprint density at radius 3 is 3.07 bits per heavy atom. The molecule has 72 valence electrons. The number of ether oxygens (including phenoxy) is 1. The molecule has 0 saturated heterocycles. The maximum Gasteiger partial charge on any atom is 0.125 e. The van der Waals surface area contributed by atoms with Crippen LogP contribution in [0, 0.1) is 18.3 Å². The molecule has 1 heterocycles. The highest BCUT2D eigenvalue weighted by atomic mass is 16.5. The fourth-order valence-corrected chi connectivity index (χ4v) is 1.79. The van der Waals surface area contributed by atoms with Crippen molar-refractivity contribution >= 4 is 0 Å². The van der Waals surface area contributed by atoms with Gasteiger partial charge in [-0.3, -0.25) is 0 Å². The van der Waals surface area contributed by atoms with Crippen LogP contribution in [0.4, 0.5) is 0 Å². The molecular formula is C11H12N2O. The Morgan fingerprint density at radius 1 is 1.57 bits per heavy atom. The minimum atomic E-state index is -0.0618. The van der Waals surface area contributed by atoms with E-state index in [1.54, 1.807) is 0 Å². The van der Waals surface area contributed by atoms with E-state index in [0.717, 1.165) is 23.3 Å². The molecule has 0 radical (unpaired) electrons. The van der Waals surface area contributed by atoms with E-state index in [1.165, 1.54) is 0 Å². The average molecular weight is 188 g/mol. The van der Waals surface area contributed by atoms with Crippen molar-refractivity contribution in [2.75, 3.05) is 6.61 Å². The molecule has 2 N–H and O–H groups in total. The number of nitrogens with two attached hydrogens (primary N) is 1. The molecule has 3 nitrogen and oxygen atoms in total. The van der Waals surface area contributed by atoms with Crippen LogP contribution in [0.5, 0.6) is 5.75 Å². The number of fused-ring (bicyclic) bond motifs is 1. The first-order valence-corrected chi connectivity index (χ1v) is 4.66. The fourth-order valence-electron chi connectivity index (χ4n) is 1.79. The summed E-state index contributed by atoms with van der Waals surface area (Å²) in [5.41, 5.74) is 8.48. The van der Waals surface area contributed by atoms with Gasteiger partial charge in [-0.05, 0) is 18.6 Å². The summed E-state index contributed by atoms with van der Waals surface area (Å²) in [6.45, 7) is 2.56. The van der Waals surface area contributed by atoms with Gasteiger partial charge < -0.3 is 10.5 Å². The zero-order valence-electron chi connectivity index (χ0n) is 8.08. The van der Waals surface area contributed by atoms with Gasteiger partial charge in [-0.1, -0.05) is 6.07 Å². The Balaban J connectivity index is 2.65. The van der Waals surface area contributed by atoms with Crippen LogP contribution in [0.1, 0.15) is 29.2 Å². The molecule has 0 aromatic heterocycles. The average Bonchev–Trinajstić information content (AvgIpc) is 2.19. The molecule has 2 rings (SSSR count). The lowest BCUT2D eigenvalue weighted by atomic mass is 9.93. The van der Waals surface area contributed by atoms with Gasteiger partial charge in [0.15, 0.2) is 0 Å². The third kappa shape index (κ3) is 1.24. The lowest BCUT2D eigenvalue weighted by molar-refractivity contribution is 0.268. The Morgan fingerprint density at radius 2 is 2.36 bits per heavy atom. The van der Waals surface area contributed by atoms with Crippen molar-refractivity contribution in [3.63, 3.8) is 0 Å². The third-order valence-corrected chi connectivity index (χ3v) is 2.58. The summed E-state index contributed by atoms with van der Waals surface area (Å²) in [5.74, 6) is 0.769. The van der Waals surface area contributed by atoms with Gasteiger partial charge in [0.2, 0.25) is 0 Å². The zero-order chi connectivity index (χ0) is 10.1. The predicted molar refractivity (Wildman–Crippen MR) is 52.9 cm³/mol. The van der Waals surface area contributed by atoms with Crippen LogP contribution in [0.25, 0.3) is 0 Å². The van der Waals surface area contributed by atoms with E-state index in [-0.39, 0.29) is 6.04 Å². The van der Waals surface area contributed by atoms with Gasteiger partial charge in [0.25, 0.3) is 0 Å². The Labute approximate surface area is 83.1 Å². The van der Waals surface area contributed by atoms with E-state index in [4.69, 9.17) is 15.7 Å². The number of nitrogens with zero attached hydrogens (tertiary/aromatic N) is 1. The lowest BCUT2D eigenvalue weighted by Crippen LogP contribution is -2.22. The number of hydrogen-bond acceptors (Lipinski definition) is 3. The van der Waals surface area contributed by atoms with Crippen LogP contribution in [0.15, 0.2) is 12.1 Å². The first-order valence-electron chi connectivity index (χ1n) is 4.66. The second-order valence-corrected chi connectivity index (χ2v) is 3.52. The minimum absolute atomic E-state index is 0.0618. The number of nitriles is 1. The van der Waals surface area contributed by atoms with Crippen molar-refractivity contribution in [1.82, 2.24) is 0 Å². The Hall–Kier alpha value is -1.53. The van der Waals surface area contributed by atoms with Crippen LogP contribution in [-0.4, -0.2) is 6.61 Å². The van der Waals surface area contributed by atoms with Crippen molar-refractivity contribution in [2.45, 2.75) is 19.4 Å². The monoisotopic (exact) mass is 188 g/mol. The summed E-state index contributed by atoms with van der Waals surface area (Å²) in [5, 5.41) is 9.03. The largest absolute Gasteiger partial charge is 0.493 e. The Bertz CT molecular complexity index is 406. The van der Waals surface area contributed by atoms with Crippen molar-refractivity contribution in [2.24, 2.45) is 5.73 Å². The maximum absolute atomic E-state index is 9.03. The molecule has 1 aromatic carbocycles. The Kier molecular flexibility index (Phi) is 2.14. The molecule has 14 heavy (non-hydrogen) atoms. The van der Waals surface area contributed by atoms with Crippen molar-refractivity contribution in [1.29, 1.82) is 5.26 Å². The molecule has 0 fully saturated rings. The van der Waals surface area contributed by atoms with Crippen LogP contribution < -0.4 is 10.5 Å². The van der Waals surface area contributed by atoms with Crippen molar-refractivity contribution in [3.8, 4) is 11.8 Å². The summed E-state index contributed by atoms with van der Waals surface area (Å²) in [6.07, 6.45) is 0.783. The van der Waals surface area contributed by atoms with E-state index in [2.05, 4.69) is 6.07 Å². The number of benzene rings is 1. The summed E-state index contributed by atoms with van der Waals surface area (Å²) >= 11 is 0. The molecule has 0 amide bonds. The second kappa shape index (κ2) is 3.32. The zero-order valence-corrected chi connectivity index (χ0v) is 8.08. The molecule has 1 unspecified atom stereocenters. The first-order chi connectivity index (χ1) is 6.74. The van der Waals surface area contributed by atoms with E-state index >= 15 is 0 Å². The van der Waals surface area contributed by atoms with Crippen LogP contribution in [-0.2, 0) is 0 Å². The molecule has 3 heteroatoms. The number of rotatable bonds is 0. The second-order valence-electron chi connectivity index (χ2n) is 3.52. The molecule has 1 aliphatic rings. The summed E-state index contributed by atoms with van der Waals surface area (Å²) in [6, 6.07) is 5.92. The normalized spacial score (nSPS) is 19.4. The number of aryl methyl sites for hydroxylation is 1. The number of hydrogen-bond donors (Lipinski definition) is 1. The van der Waals surface area contributed by atoms with E-state index in [9.17, 15) is 0 Å². The van der Waals surface area contributed by atoms with Crippen LogP contribution >= 0.6 is 0 Å². The van der Waals surface area contributed by atoms with Gasteiger partial charge in [0.1, 0.15) is 5.75 Å². The van der Waals surface area contributed by atoms with E-state index < -0.39 is 0 Å². The van der Waals surface area contributed by atoms with E-state index in [1.807, 2.05) is 19.1 Å². The molecule has 0 spiro atoms. The van der Waals surface area contributed by atoms with Gasteiger partial charge in [0, 0.05) is 18.0 Å².